The predicted molar refractivity (Wildman–Crippen MR) is 185 cm³/mol. The number of rotatable bonds is 11. The summed E-state index contributed by atoms with van der Waals surface area (Å²) >= 11 is 1.75. The molecule has 49 heavy (non-hydrogen) atoms. The Morgan fingerprint density at radius 1 is 0.694 bits per heavy atom. The summed E-state index contributed by atoms with van der Waals surface area (Å²) in [4.78, 5) is 48.5. The largest absolute Gasteiger partial charge is 0.484 e. The average Bonchev–Trinajstić information content (AvgIpc) is 3.65. The molecule has 1 aromatic heterocycles. The second-order valence-corrected chi connectivity index (χ2v) is 12.0. The molecular weight excluding hydrogens is 646 g/mol. The topological polar surface area (TPSA) is 148 Å². The van der Waals surface area contributed by atoms with Gasteiger partial charge in [-0.15, -0.1) is 11.3 Å². The number of esters is 4. The van der Waals surface area contributed by atoms with Gasteiger partial charge in [0.2, 0.25) is 0 Å². The Balaban J connectivity index is 0.000000229. The van der Waals surface area contributed by atoms with Crippen LogP contribution in [-0.4, -0.2) is 59.9 Å². The van der Waals surface area contributed by atoms with Crippen molar-refractivity contribution in [3.63, 3.8) is 0 Å². The first-order chi connectivity index (χ1) is 23.6. The highest BCUT2D eigenvalue weighted by atomic mass is 32.1. The van der Waals surface area contributed by atoms with E-state index in [4.69, 9.17) is 4.74 Å². The van der Waals surface area contributed by atoms with E-state index in [1.165, 1.54) is 39.9 Å². The van der Waals surface area contributed by atoms with Crippen LogP contribution in [0.2, 0.25) is 0 Å². The van der Waals surface area contributed by atoms with Crippen molar-refractivity contribution in [2.75, 3.05) is 13.6 Å². The Morgan fingerprint density at radius 2 is 1.22 bits per heavy atom. The first-order valence-corrected chi connectivity index (χ1v) is 16.3. The highest BCUT2D eigenvalue weighted by Crippen LogP contribution is 2.32. The van der Waals surface area contributed by atoms with E-state index in [0.717, 1.165) is 29.8 Å². The number of hydrogen-bond acceptors (Lipinski definition) is 11. The van der Waals surface area contributed by atoms with Crippen LogP contribution in [0.5, 0.6) is 5.75 Å². The number of hydrogen-bond donors (Lipinski definition) is 3. The lowest BCUT2D eigenvalue weighted by atomic mass is 10.1. The summed E-state index contributed by atoms with van der Waals surface area (Å²) in [6.45, 7) is 4.53. The SMILES string of the molecule is CNCC[C@H](Oc1cccc2ccccc12)c1cccs1.Cc1ccc(C(=O)OC(=O)C(O)C(O)C(=O)OC(=O)c2ccc(C)cc2)cc1. The maximum atomic E-state index is 11.8. The van der Waals surface area contributed by atoms with Crippen LogP contribution in [0.25, 0.3) is 10.8 Å². The molecule has 3 atom stereocenters. The van der Waals surface area contributed by atoms with Crippen LogP contribution in [0.1, 0.15) is 49.2 Å². The lowest BCUT2D eigenvalue weighted by molar-refractivity contribution is -0.166. The molecule has 5 rings (SSSR count). The first-order valence-electron chi connectivity index (χ1n) is 15.4. The maximum absolute atomic E-state index is 11.8. The molecule has 254 valence electrons. The fourth-order valence-electron chi connectivity index (χ4n) is 4.52. The number of aliphatic hydroxyl groups is 2. The molecule has 0 saturated carbocycles. The van der Waals surface area contributed by atoms with Crippen molar-refractivity contribution < 1.29 is 43.6 Å². The molecule has 3 N–H and O–H groups in total. The maximum Gasteiger partial charge on any atom is 0.346 e. The fraction of sp³-hybridized carbons (Fsp3) is 0.211. The average molecular weight is 684 g/mol. The molecule has 5 aromatic rings. The standard InChI is InChI=1S/C20H18O8.C18H19NOS/c1-11-3-7-13(8-4-11)17(23)27-19(25)15(21)16(22)20(26)28-18(24)14-9-5-12(2)6-10-14;1-19-12-11-17(18-10-5-13-21-18)20-16-9-4-7-14-6-2-3-8-15(14)16/h3-10,15-16,21-22H,1-2H3;2-10,13,17,19H,11-12H2,1H3/t;17-/m.0/s1. The molecule has 0 spiro atoms. The van der Waals surface area contributed by atoms with Gasteiger partial charge in [0.1, 0.15) is 11.9 Å². The van der Waals surface area contributed by atoms with Gasteiger partial charge in [0.25, 0.3) is 0 Å². The minimum atomic E-state index is -2.41. The second kappa shape index (κ2) is 17.8. The molecule has 0 aliphatic heterocycles. The van der Waals surface area contributed by atoms with Gasteiger partial charge in [-0.3, -0.25) is 0 Å². The van der Waals surface area contributed by atoms with E-state index < -0.39 is 36.1 Å². The van der Waals surface area contributed by atoms with E-state index in [-0.39, 0.29) is 17.2 Å². The van der Waals surface area contributed by atoms with Crippen LogP contribution in [-0.2, 0) is 19.1 Å². The molecule has 2 unspecified atom stereocenters. The number of thiophene rings is 1. The molecule has 0 fully saturated rings. The van der Waals surface area contributed by atoms with Crippen molar-refractivity contribution in [1.82, 2.24) is 5.32 Å². The Kier molecular flexibility index (Phi) is 13.3. The zero-order valence-corrected chi connectivity index (χ0v) is 28.0. The smallest absolute Gasteiger partial charge is 0.346 e. The molecule has 0 bridgehead atoms. The van der Waals surface area contributed by atoms with Gasteiger partial charge < -0.3 is 29.7 Å². The monoisotopic (exact) mass is 683 g/mol. The van der Waals surface area contributed by atoms with E-state index >= 15 is 0 Å². The highest BCUT2D eigenvalue weighted by Gasteiger charge is 2.35. The summed E-state index contributed by atoms with van der Waals surface area (Å²) in [6.07, 6.45) is -3.76. The summed E-state index contributed by atoms with van der Waals surface area (Å²) in [5, 5.41) is 27.2. The molecule has 0 saturated heterocycles. The number of benzene rings is 4. The van der Waals surface area contributed by atoms with E-state index in [2.05, 4.69) is 74.8 Å². The molecule has 11 heteroatoms. The van der Waals surface area contributed by atoms with Crippen LogP contribution in [0, 0.1) is 13.8 Å². The Hall–Kier alpha value is -5.20. The molecular formula is C38H37NO9S. The fourth-order valence-corrected chi connectivity index (χ4v) is 5.31. The third-order valence-electron chi connectivity index (χ3n) is 7.28. The predicted octanol–water partition coefficient (Wildman–Crippen LogP) is 5.72. The third kappa shape index (κ3) is 10.4. The van der Waals surface area contributed by atoms with Crippen molar-refractivity contribution in [2.45, 2.75) is 38.6 Å². The minimum absolute atomic E-state index is 0.0396. The second-order valence-electron chi connectivity index (χ2n) is 11.0. The van der Waals surface area contributed by atoms with Crippen molar-refractivity contribution in [2.24, 2.45) is 0 Å². The van der Waals surface area contributed by atoms with E-state index in [9.17, 15) is 29.4 Å². The van der Waals surface area contributed by atoms with Gasteiger partial charge in [0, 0.05) is 16.7 Å². The van der Waals surface area contributed by atoms with Crippen LogP contribution in [0.15, 0.2) is 109 Å². The van der Waals surface area contributed by atoms with Crippen LogP contribution >= 0.6 is 11.3 Å². The third-order valence-corrected chi connectivity index (χ3v) is 8.24. The quantitative estimate of drug-likeness (QED) is 0.117. The molecule has 1 heterocycles. The zero-order valence-electron chi connectivity index (χ0n) is 27.2. The summed E-state index contributed by atoms with van der Waals surface area (Å²) < 4.78 is 15.2. The molecule has 0 radical (unpaired) electrons. The van der Waals surface area contributed by atoms with E-state index in [0.29, 0.717) is 0 Å². The zero-order chi connectivity index (χ0) is 35.3. The van der Waals surface area contributed by atoms with Gasteiger partial charge in [-0.05, 0) is 74.6 Å². The number of fused-ring (bicyclic) bond motifs is 1. The van der Waals surface area contributed by atoms with Gasteiger partial charge in [-0.25, -0.2) is 19.2 Å². The normalized spacial score (nSPS) is 12.5. The number of ether oxygens (including phenoxy) is 3. The Labute approximate surface area is 287 Å². The van der Waals surface area contributed by atoms with E-state index in [1.54, 1.807) is 49.4 Å². The van der Waals surface area contributed by atoms with Crippen molar-refractivity contribution in [3.8, 4) is 5.75 Å². The van der Waals surface area contributed by atoms with Gasteiger partial charge in [0.05, 0.1) is 11.1 Å². The molecule has 0 aliphatic rings. The van der Waals surface area contributed by atoms with Gasteiger partial charge >= 0.3 is 23.9 Å². The van der Waals surface area contributed by atoms with Gasteiger partial charge in [-0.2, -0.15) is 0 Å². The molecule has 0 aliphatic carbocycles. The number of aliphatic hydroxyl groups excluding tert-OH is 2. The number of nitrogens with one attached hydrogen (secondary N) is 1. The van der Waals surface area contributed by atoms with Gasteiger partial charge in [-0.1, -0.05) is 77.9 Å². The lowest BCUT2D eigenvalue weighted by Gasteiger charge is -2.19. The summed E-state index contributed by atoms with van der Waals surface area (Å²) in [5.74, 6) is -4.29. The van der Waals surface area contributed by atoms with Gasteiger partial charge in [0.15, 0.2) is 12.2 Å². The molecule has 0 amide bonds. The summed E-state index contributed by atoms with van der Waals surface area (Å²) in [7, 11) is 1.98. The van der Waals surface area contributed by atoms with E-state index in [1.807, 2.05) is 7.05 Å². The summed E-state index contributed by atoms with van der Waals surface area (Å²) in [6, 6.07) is 30.9. The number of carbonyl (C=O) groups excluding carboxylic acids is 4. The van der Waals surface area contributed by atoms with Crippen LogP contribution in [0.4, 0.5) is 0 Å². The number of aryl methyl sites for hydroxylation is 2. The van der Waals surface area contributed by atoms with Crippen molar-refractivity contribution in [1.29, 1.82) is 0 Å². The molecule has 4 aromatic carbocycles. The Bertz CT molecular complexity index is 1770. The van der Waals surface area contributed by atoms with Crippen molar-refractivity contribution >= 4 is 46.0 Å². The first kappa shape index (κ1) is 36.6. The molecule has 10 nitrogen and oxygen atoms in total. The van der Waals surface area contributed by atoms with Crippen LogP contribution in [0.3, 0.4) is 0 Å². The lowest BCUT2D eigenvalue weighted by Crippen LogP contribution is -2.43. The summed E-state index contributed by atoms with van der Waals surface area (Å²) in [5.41, 5.74) is 1.83. The minimum Gasteiger partial charge on any atom is -0.484 e. The van der Waals surface area contributed by atoms with Crippen molar-refractivity contribution in [3.05, 3.63) is 136 Å². The number of carbonyl (C=O) groups is 4. The Morgan fingerprint density at radius 3 is 1.73 bits per heavy atom. The van der Waals surface area contributed by atoms with Crippen LogP contribution < -0.4 is 10.1 Å². The highest BCUT2D eigenvalue weighted by molar-refractivity contribution is 7.10.